The van der Waals surface area contributed by atoms with Crippen molar-refractivity contribution in [2.75, 3.05) is 11.1 Å². The monoisotopic (exact) mass is 334 g/mol. The molecule has 5 nitrogen and oxygen atoms in total. The highest BCUT2D eigenvalue weighted by Crippen LogP contribution is 2.27. The van der Waals surface area contributed by atoms with Crippen LogP contribution in [-0.4, -0.2) is 17.3 Å². The SMILES string of the molecule is CCCCCCCCCCCC(=O)Nc1cc(O)c(C=O)cc1N. The van der Waals surface area contributed by atoms with Crippen LogP contribution in [0.5, 0.6) is 5.75 Å². The number of carbonyl (C=O) groups excluding carboxylic acids is 2. The van der Waals surface area contributed by atoms with E-state index in [9.17, 15) is 14.7 Å². The summed E-state index contributed by atoms with van der Waals surface area (Å²) in [7, 11) is 0. The van der Waals surface area contributed by atoms with Gasteiger partial charge in [0, 0.05) is 12.5 Å². The van der Waals surface area contributed by atoms with Crippen molar-refractivity contribution in [2.45, 2.75) is 71.1 Å². The number of phenols is 1. The third-order valence-corrected chi connectivity index (χ3v) is 4.11. The van der Waals surface area contributed by atoms with Gasteiger partial charge < -0.3 is 16.2 Å². The number of aromatic hydroxyl groups is 1. The zero-order chi connectivity index (χ0) is 17.8. The summed E-state index contributed by atoms with van der Waals surface area (Å²) in [4.78, 5) is 22.6. The van der Waals surface area contributed by atoms with Gasteiger partial charge in [-0.1, -0.05) is 58.3 Å². The van der Waals surface area contributed by atoms with Gasteiger partial charge in [0.05, 0.1) is 16.9 Å². The van der Waals surface area contributed by atoms with Crippen molar-refractivity contribution in [3.8, 4) is 5.75 Å². The zero-order valence-electron chi connectivity index (χ0n) is 14.6. The van der Waals surface area contributed by atoms with E-state index in [-0.39, 0.29) is 22.9 Å². The summed E-state index contributed by atoms with van der Waals surface area (Å²) < 4.78 is 0. The minimum absolute atomic E-state index is 0.115. The second-order valence-corrected chi connectivity index (χ2v) is 6.24. The van der Waals surface area contributed by atoms with E-state index < -0.39 is 0 Å². The highest BCUT2D eigenvalue weighted by molar-refractivity contribution is 5.95. The van der Waals surface area contributed by atoms with Crippen molar-refractivity contribution in [1.29, 1.82) is 0 Å². The van der Waals surface area contributed by atoms with Crippen LogP contribution in [0.4, 0.5) is 11.4 Å². The summed E-state index contributed by atoms with van der Waals surface area (Å²) in [5.41, 5.74) is 6.51. The van der Waals surface area contributed by atoms with E-state index in [4.69, 9.17) is 5.73 Å². The quantitative estimate of drug-likeness (QED) is 0.224. The Bertz CT molecular complexity index is 530. The van der Waals surface area contributed by atoms with Gasteiger partial charge in [0.15, 0.2) is 6.29 Å². The Morgan fingerprint density at radius 1 is 1.08 bits per heavy atom. The molecule has 0 heterocycles. The molecule has 1 amide bonds. The average Bonchev–Trinajstić information content (AvgIpc) is 2.56. The number of anilines is 2. The Kier molecular flexibility index (Phi) is 9.58. The van der Waals surface area contributed by atoms with Gasteiger partial charge in [-0.25, -0.2) is 0 Å². The number of hydrogen-bond acceptors (Lipinski definition) is 4. The van der Waals surface area contributed by atoms with Crippen LogP contribution in [-0.2, 0) is 4.79 Å². The number of aldehydes is 1. The Morgan fingerprint density at radius 2 is 1.67 bits per heavy atom. The minimum atomic E-state index is -0.183. The van der Waals surface area contributed by atoms with E-state index in [2.05, 4.69) is 12.2 Å². The fraction of sp³-hybridized carbons (Fsp3) is 0.579. The van der Waals surface area contributed by atoms with Gasteiger partial charge in [0.1, 0.15) is 5.75 Å². The van der Waals surface area contributed by atoms with E-state index in [0.29, 0.717) is 18.4 Å². The van der Waals surface area contributed by atoms with Crippen LogP contribution < -0.4 is 11.1 Å². The molecular weight excluding hydrogens is 304 g/mol. The van der Waals surface area contributed by atoms with Gasteiger partial charge in [0.25, 0.3) is 0 Å². The number of carbonyl (C=O) groups is 2. The first-order valence-corrected chi connectivity index (χ1v) is 8.96. The van der Waals surface area contributed by atoms with E-state index in [0.717, 1.165) is 19.3 Å². The maximum atomic E-state index is 11.9. The molecule has 5 heteroatoms. The normalized spacial score (nSPS) is 10.5. The number of hydrogen-bond donors (Lipinski definition) is 3. The van der Waals surface area contributed by atoms with Crippen molar-refractivity contribution >= 4 is 23.6 Å². The first kappa shape index (κ1) is 20.0. The molecular formula is C19H30N2O3. The summed E-state index contributed by atoms with van der Waals surface area (Å²) in [6, 6.07) is 2.67. The molecule has 0 fully saturated rings. The van der Waals surface area contributed by atoms with Crippen molar-refractivity contribution in [1.82, 2.24) is 0 Å². The van der Waals surface area contributed by atoms with Crippen molar-refractivity contribution in [3.63, 3.8) is 0 Å². The Labute approximate surface area is 144 Å². The maximum absolute atomic E-state index is 11.9. The Balaban J connectivity index is 2.21. The van der Waals surface area contributed by atoms with Crippen LogP contribution in [0.1, 0.15) is 81.5 Å². The van der Waals surface area contributed by atoms with Gasteiger partial charge >= 0.3 is 0 Å². The standard InChI is InChI=1S/C19H30N2O3/c1-2-3-4-5-6-7-8-9-10-11-19(24)21-17-13-18(23)15(14-22)12-16(17)20/h12-14,23H,2-11,20H2,1H3,(H,21,24). The second kappa shape index (κ2) is 11.5. The molecule has 0 aliphatic carbocycles. The molecule has 1 aromatic rings. The molecule has 1 aromatic carbocycles. The predicted octanol–water partition coefficient (Wildman–Crippen LogP) is 4.65. The first-order chi connectivity index (χ1) is 11.6. The molecule has 0 aromatic heterocycles. The van der Waals surface area contributed by atoms with Gasteiger partial charge in [-0.2, -0.15) is 0 Å². The van der Waals surface area contributed by atoms with Crippen LogP contribution >= 0.6 is 0 Å². The lowest BCUT2D eigenvalue weighted by Gasteiger charge is -2.10. The molecule has 0 atom stereocenters. The predicted molar refractivity (Wildman–Crippen MR) is 98.4 cm³/mol. The van der Waals surface area contributed by atoms with Gasteiger partial charge in [-0.15, -0.1) is 0 Å². The lowest BCUT2D eigenvalue weighted by molar-refractivity contribution is -0.116. The zero-order valence-corrected chi connectivity index (χ0v) is 14.6. The highest BCUT2D eigenvalue weighted by atomic mass is 16.3. The summed E-state index contributed by atoms with van der Waals surface area (Å²) in [6.45, 7) is 2.22. The third-order valence-electron chi connectivity index (χ3n) is 4.11. The molecule has 0 aliphatic heterocycles. The van der Waals surface area contributed by atoms with E-state index in [1.54, 1.807) is 0 Å². The van der Waals surface area contributed by atoms with Crippen LogP contribution in [0, 0.1) is 0 Å². The molecule has 0 aliphatic rings. The fourth-order valence-electron chi connectivity index (χ4n) is 2.63. The second-order valence-electron chi connectivity index (χ2n) is 6.24. The number of nitrogen functional groups attached to an aromatic ring is 1. The smallest absolute Gasteiger partial charge is 0.224 e. The van der Waals surface area contributed by atoms with Crippen molar-refractivity contribution in [2.24, 2.45) is 0 Å². The Morgan fingerprint density at radius 3 is 2.25 bits per heavy atom. The maximum Gasteiger partial charge on any atom is 0.224 e. The number of benzene rings is 1. The molecule has 0 saturated carbocycles. The van der Waals surface area contributed by atoms with Gasteiger partial charge in [-0.3, -0.25) is 9.59 Å². The number of nitrogens with one attached hydrogen (secondary N) is 1. The third kappa shape index (κ3) is 7.49. The van der Waals surface area contributed by atoms with Crippen molar-refractivity contribution in [3.05, 3.63) is 17.7 Å². The summed E-state index contributed by atoms with van der Waals surface area (Å²) in [6.07, 6.45) is 11.8. The number of rotatable bonds is 12. The number of amides is 1. The minimum Gasteiger partial charge on any atom is -0.507 e. The van der Waals surface area contributed by atoms with E-state index in [1.165, 1.54) is 50.7 Å². The Hall–Kier alpha value is -2.04. The fourth-order valence-corrected chi connectivity index (χ4v) is 2.63. The molecule has 4 N–H and O–H groups in total. The van der Waals surface area contributed by atoms with Crippen molar-refractivity contribution < 1.29 is 14.7 Å². The molecule has 134 valence electrons. The summed E-state index contributed by atoms with van der Waals surface area (Å²) in [5, 5.41) is 12.3. The van der Waals surface area contributed by atoms with Crippen LogP contribution in [0.15, 0.2) is 12.1 Å². The number of phenolic OH excluding ortho intramolecular Hbond substituents is 1. The van der Waals surface area contributed by atoms with E-state index >= 15 is 0 Å². The number of unbranched alkanes of at least 4 members (excludes halogenated alkanes) is 8. The summed E-state index contributed by atoms with van der Waals surface area (Å²) in [5.74, 6) is -0.305. The lowest BCUT2D eigenvalue weighted by atomic mass is 10.1. The van der Waals surface area contributed by atoms with Crippen LogP contribution in [0.3, 0.4) is 0 Å². The van der Waals surface area contributed by atoms with Gasteiger partial charge in [0.2, 0.25) is 5.91 Å². The molecule has 1 rings (SSSR count). The van der Waals surface area contributed by atoms with Crippen LogP contribution in [0.25, 0.3) is 0 Å². The lowest BCUT2D eigenvalue weighted by Crippen LogP contribution is -2.12. The van der Waals surface area contributed by atoms with E-state index in [1.807, 2.05) is 0 Å². The molecule has 0 saturated heterocycles. The molecule has 0 unspecified atom stereocenters. The largest absolute Gasteiger partial charge is 0.507 e. The molecule has 0 bridgehead atoms. The van der Waals surface area contributed by atoms with Gasteiger partial charge in [-0.05, 0) is 12.5 Å². The molecule has 0 spiro atoms. The first-order valence-electron chi connectivity index (χ1n) is 8.96. The average molecular weight is 334 g/mol. The molecule has 24 heavy (non-hydrogen) atoms. The number of nitrogens with two attached hydrogens (primary N) is 1. The topological polar surface area (TPSA) is 92.4 Å². The molecule has 0 radical (unpaired) electrons. The highest BCUT2D eigenvalue weighted by Gasteiger charge is 2.09. The van der Waals surface area contributed by atoms with Crippen LogP contribution in [0.2, 0.25) is 0 Å². The summed E-state index contributed by atoms with van der Waals surface area (Å²) >= 11 is 0.